The van der Waals surface area contributed by atoms with Gasteiger partial charge in [-0.25, -0.2) is 0 Å². The summed E-state index contributed by atoms with van der Waals surface area (Å²) in [5.41, 5.74) is 0. The third-order valence-electron chi connectivity index (χ3n) is 9.58. The minimum absolute atomic E-state index is 0.0668. The molecule has 6 nitrogen and oxygen atoms in total. The number of carbonyl (C=O) groups excluding carboxylic acids is 3. The number of rotatable bonds is 36. The zero-order valence-electron chi connectivity index (χ0n) is 32.6. The summed E-state index contributed by atoms with van der Waals surface area (Å²) in [4.78, 5) is 37.5. The van der Waals surface area contributed by atoms with Crippen LogP contribution in [-0.2, 0) is 28.6 Å². The van der Waals surface area contributed by atoms with E-state index in [-0.39, 0.29) is 31.1 Å². The molecule has 0 saturated heterocycles. The number of unbranched alkanes of at least 4 members (excludes halogenated alkanes) is 20. The number of esters is 3. The molecule has 0 amide bonds. The Morgan fingerprint density at radius 1 is 0.438 bits per heavy atom. The summed E-state index contributed by atoms with van der Waals surface area (Å²) < 4.78 is 16.6. The fourth-order valence-electron chi connectivity index (χ4n) is 6.01. The summed E-state index contributed by atoms with van der Waals surface area (Å²) in [5, 5.41) is 0. The zero-order valence-corrected chi connectivity index (χ0v) is 32.6. The van der Waals surface area contributed by atoms with Crippen molar-refractivity contribution in [1.29, 1.82) is 0 Å². The molecule has 0 heterocycles. The molecule has 6 heteroatoms. The fraction of sp³-hybridized carbons (Fsp3) is 0.929. The van der Waals surface area contributed by atoms with Crippen molar-refractivity contribution in [3.63, 3.8) is 0 Å². The van der Waals surface area contributed by atoms with E-state index in [0.717, 1.165) is 69.6 Å². The second kappa shape index (κ2) is 35.2. The van der Waals surface area contributed by atoms with E-state index in [1.165, 1.54) is 109 Å². The Morgan fingerprint density at radius 2 is 0.792 bits per heavy atom. The van der Waals surface area contributed by atoms with Gasteiger partial charge in [-0.15, -0.1) is 0 Å². The Labute approximate surface area is 298 Å². The number of ether oxygens (including phenoxy) is 3. The lowest BCUT2D eigenvalue weighted by Crippen LogP contribution is -2.30. The molecule has 0 bridgehead atoms. The van der Waals surface area contributed by atoms with Crippen LogP contribution in [0.1, 0.15) is 221 Å². The monoisotopic (exact) mass is 681 g/mol. The van der Waals surface area contributed by atoms with Crippen molar-refractivity contribution >= 4 is 17.9 Å². The Hall–Kier alpha value is -1.59. The van der Waals surface area contributed by atoms with Gasteiger partial charge in [0.05, 0.1) is 0 Å². The molecule has 0 radical (unpaired) electrons. The molecule has 284 valence electrons. The van der Waals surface area contributed by atoms with E-state index in [4.69, 9.17) is 14.2 Å². The molecule has 0 aliphatic carbocycles. The lowest BCUT2D eigenvalue weighted by Gasteiger charge is -2.18. The maximum absolute atomic E-state index is 12.6. The molecule has 0 aliphatic rings. The molecule has 0 fully saturated rings. The summed E-state index contributed by atoms with van der Waals surface area (Å²) in [6.45, 7) is 11.2. The Morgan fingerprint density at radius 3 is 1.19 bits per heavy atom. The first kappa shape index (κ1) is 46.4. The highest BCUT2D eigenvalue weighted by atomic mass is 16.6. The van der Waals surface area contributed by atoms with Gasteiger partial charge < -0.3 is 14.2 Å². The van der Waals surface area contributed by atoms with Gasteiger partial charge in [-0.05, 0) is 31.1 Å². The van der Waals surface area contributed by atoms with Crippen molar-refractivity contribution < 1.29 is 28.6 Å². The van der Waals surface area contributed by atoms with Gasteiger partial charge in [0, 0.05) is 19.3 Å². The maximum Gasteiger partial charge on any atom is 0.306 e. The van der Waals surface area contributed by atoms with E-state index < -0.39 is 6.10 Å². The molecule has 0 aliphatic heterocycles. The van der Waals surface area contributed by atoms with Gasteiger partial charge in [-0.3, -0.25) is 14.4 Å². The Kier molecular flexibility index (Phi) is 34.1. The minimum atomic E-state index is -0.759. The van der Waals surface area contributed by atoms with Crippen LogP contribution in [0.2, 0.25) is 0 Å². The molecular weight excluding hydrogens is 600 g/mol. The largest absolute Gasteiger partial charge is 0.462 e. The van der Waals surface area contributed by atoms with E-state index >= 15 is 0 Å². The lowest BCUT2D eigenvalue weighted by molar-refractivity contribution is -0.167. The summed E-state index contributed by atoms with van der Waals surface area (Å²) in [6.07, 6.45) is 30.9. The van der Waals surface area contributed by atoms with Crippen LogP contribution in [0, 0.1) is 11.8 Å². The van der Waals surface area contributed by atoms with Gasteiger partial charge in [-0.2, -0.15) is 0 Å². The summed E-state index contributed by atoms with van der Waals surface area (Å²) in [6, 6.07) is 0. The third-order valence-corrected chi connectivity index (χ3v) is 9.58. The zero-order chi connectivity index (χ0) is 35.5. The van der Waals surface area contributed by atoms with Crippen LogP contribution in [-0.4, -0.2) is 37.2 Å². The van der Waals surface area contributed by atoms with Crippen molar-refractivity contribution in [2.75, 3.05) is 13.2 Å². The molecule has 1 unspecified atom stereocenters. The van der Waals surface area contributed by atoms with Crippen LogP contribution in [0.15, 0.2) is 0 Å². The fourth-order valence-corrected chi connectivity index (χ4v) is 6.01. The van der Waals surface area contributed by atoms with Gasteiger partial charge >= 0.3 is 17.9 Å². The Balaban J connectivity index is 4.36. The van der Waals surface area contributed by atoms with Crippen molar-refractivity contribution in [1.82, 2.24) is 0 Å². The average Bonchev–Trinajstić information content (AvgIpc) is 3.06. The smallest absolute Gasteiger partial charge is 0.306 e. The van der Waals surface area contributed by atoms with Gasteiger partial charge in [-0.1, -0.05) is 182 Å². The first-order valence-corrected chi connectivity index (χ1v) is 20.8. The predicted molar refractivity (Wildman–Crippen MR) is 201 cm³/mol. The first-order chi connectivity index (χ1) is 23.3. The van der Waals surface area contributed by atoms with Crippen LogP contribution in [0.25, 0.3) is 0 Å². The molecular formula is C42H80O6. The van der Waals surface area contributed by atoms with Gasteiger partial charge in [0.15, 0.2) is 6.10 Å². The molecule has 0 aromatic heterocycles. The van der Waals surface area contributed by atoms with Crippen LogP contribution in [0.3, 0.4) is 0 Å². The topological polar surface area (TPSA) is 78.9 Å². The minimum Gasteiger partial charge on any atom is -0.462 e. The SMILES string of the molecule is CCCCCCCCCCCC(=O)OC[C@@H](COC(=O)CCCCCCCCCCC(C)C)OC(=O)CCCCCCCCC(C)CC. The van der Waals surface area contributed by atoms with E-state index in [0.29, 0.717) is 19.3 Å². The maximum atomic E-state index is 12.6. The van der Waals surface area contributed by atoms with Crippen molar-refractivity contribution in [3.05, 3.63) is 0 Å². The van der Waals surface area contributed by atoms with E-state index in [9.17, 15) is 14.4 Å². The molecule has 0 spiro atoms. The highest BCUT2D eigenvalue weighted by Crippen LogP contribution is 2.16. The normalized spacial score (nSPS) is 12.6. The average molecular weight is 681 g/mol. The molecule has 2 atom stereocenters. The molecule has 0 aromatic carbocycles. The van der Waals surface area contributed by atoms with E-state index in [2.05, 4.69) is 34.6 Å². The second-order valence-corrected chi connectivity index (χ2v) is 15.0. The third kappa shape index (κ3) is 34.3. The summed E-state index contributed by atoms with van der Waals surface area (Å²) in [5.74, 6) is 0.736. The summed E-state index contributed by atoms with van der Waals surface area (Å²) in [7, 11) is 0. The standard InChI is InChI=1S/C42H80O6/c1-6-8-9-10-11-12-16-22-27-32-40(43)46-35-39(48-42(45)34-29-24-19-18-21-26-31-38(5)7-2)36-47-41(44)33-28-23-17-14-13-15-20-25-30-37(3)4/h37-39H,6-36H2,1-5H3/t38?,39-/m0/s1. The first-order valence-electron chi connectivity index (χ1n) is 20.8. The van der Waals surface area contributed by atoms with Crippen LogP contribution < -0.4 is 0 Å². The summed E-state index contributed by atoms with van der Waals surface area (Å²) >= 11 is 0. The van der Waals surface area contributed by atoms with E-state index in [1.807, 2.05) is 0 Å². The number of carbonyl (C=O) groups is 3. The quantitative estimate of drug-likeness (QED) is 0.0372. The second-order valence-electron chi connectivity index (χ2n) is 15.0. The Bertz CT molecular complexity index is 736. The van der Waals surface area contributed by atoms with Crippen LogP contribution in [0.4, 0.5) is 0 Å². The predicted octanol–water partition coefficient (Wildman–Crippen LogP) is 12.6. The van der Waals surface area contributed by atoms with Crippen molar-refractivity contribution in [3.8, 4) is 0 Å². The molecule has 0 aromatic rings. The highest BCUT2D eigenvalue weighted by molar-refractivity contribution is 5.71. The lowest BCUT2D eigenvalue weighted by atomic mass is 10.00. The molecule has 0 saturated carbocycles. The van der Waals surface area contributed by atoms with E-state index in [1.54, 1.807) is 0 Å². The van der Waals surface area contributed by atoms with Gasteiger partial charge in [0.25, 0.3) is 0 Å². The highest BCUT2D eigenvalue weighted by Gasteiger charge is 2.19. The molecule has 0 rings (SSSR count). The van der Waals surface area contributed by atoms with Crippen LogP contribution >= 0.6 is 0 Å². The van der Waals surface area contributed by atoms with Crippen LogP contribution in [0.5, 0.6) is 0 Å². The van der Waals surface area contributed by atoms with Crippen molar-refractivity contribution in [2.24, 2.45) is 11.8 Å². The molecule has 0 N–H and O–H groups in total. The van der Waals surface area contributed by atoms with Gasteiger partial charge in [0.2, 0.25) is 0 Å². The number of hydrogen-bond acceptors (Lipinski definition) is 6. The van der Waals surface area contributed by atoms with Crippen molar-refractivity contribution in [2.45, 2.75) is 227 Å². The number of hydrogen-bond donors (Lipinski definition) is 0. The molecule has 48 heavy (non-hydrogen) atoms. The van der Waals surface area contributed by atoms with Gasteiger partial charge in [0.1, 0.15) is 13.2 Å².